The molecular weight excluding hydrogens is 492 g/mol. The Morgan fingerprint density at radius 2 is 1.65 bits per heavy atom. The third kappa shape index (κ3) is 5.28. The molecule has 4 aromatic rings. The van der Waals surface area contributed by atoms with E-state index in [9.17, 15) is 18.0 Å². The number of H-pyrrole nitrogens is 1. The van der Waals surface area contributed by atoms with Crippen molar-refractivity contribution in [3.05, 3.63) is 105 Å². The monoisotopic (exact) mass is 520 g/mol. The predicted octanol–water partition coefficient (Wildman–Crippen LogP) is 4.33. The fourth-order valence-electron chi connectivity index (χ4n) is 4.15. The molecule has 3 aromatic carbocycles. The second-order valence-corrected chi connectivity index (χ2v) is 10.6. The van der Waals surface area contributed by atoms with Crippen molar-refractivity contribution in [3.8, 4) is 5.75 Å². The summed E-state index contributed by atoms with van der Waals surface area (Å²) in [6.45, 7) is 3.65. The number of aromatic nitrogens is 1. The van der Waals surface area contributed by atoms with Crippen molar-refractivity contribution in [3.63, 3.8) is 0 Å². The maximum absolute atomic E-state index is 14.0. The lowest BCUT2D eigenvalue weighted by Crippen LogP contribution is -2.33. The standard InChI is InChI=1S/C28H28N2O6S/c1-18-9-12-21-15-22(27(31)29-26(21)19(18)2)17-30(16-20-10-13-23(35-3)14-11-20)37(33,34)25-8-6-5-7-24(25)28(32)36-4/h5-15H,16-17H2,1-4H3,(H,29,31). The van der Waals surface area contributed by atoms with Crippen LogP contribution in [0, 0.1) is 13.8 Å². The topological polar surface area (TPSA) is 106 Å². The molecule has 0 spiro atoms. The van der Waals surface area contributed by atoms with E-state index < -0.39 is 16.0 Å². The molecule has 0 aliphatic carbocycles. The molecule has 0 saturated carbocycles. The van der Waals surface area contributed by atoms with Gasteiger partial charge in [0.15, 0.2) is 0 Å². The third-order valence-corrected chi connectivity index (χ3v) is 8.25. The van der Waals surface area contributed by atoms with Gasteiger partial charge >= 0.3 is 5.97 Å². The molecule has 4 rings (SSSR count). The summed E-state index contributed by atoms with van der Waals surface area (Å²) in [6, 6.07) is 18.4. The average Bonchev–Trinajstić information content (AvgIpc) is 2.91. The summed E-state index contributed by atoms with van der Waals surface area (Å²) in [5.74, 6) is -0.135. The number of sulfonamides is 1. The number of aromatic amines is 1. The van der Waals surface area contributed by atoms with Crippen LogP contribution in [0.4, 0.5) is 0 Å². The largest absolute Gasteiger partial charge is 0.497 e. The van der Waals surface area contributed by atoms with Crippen LogP contribution in [0.5, 0.6) is 5.75 Å². The molecule has 1 aromatic heterocycles. The molecule has 0 unspecified atom stereocenters. The van der Waals surface area contributed by atoms with Crippen LogP contribution in [0.1, 0.15) is 32.6 Å². The fraction of sp³-hybridized carbons (Fsp3) is 0.214. The minimum atomic E-state index is -4.24. The van der Waals surface area contributed by atoms with Crippen molar-refractivity contribution in [1.82, 2.24) is 9.29 Å². The summed E-state index contributed by atoms with van der Waals surface area (Å²) < 4.78 is 39.1. The van der Waals surface area contributed by atoms with E-state index in [4.69, 9.17) is 9.47 Å². The van der Waals surface area contributed by atoms with E-state index in [0.717, 1.165) is 16.5 Å². The zero-order valence-corrected chi connectivity index (χ0v) is 21.9. The number of pyridine rings is 1. The number of esters is 1. The smallest absolute Gasteiger partial charge is 0.339 e. The van der Waals surface area contributed by atoms with Crippen molar-refractivity contribution < 1.29 is 22.7 Å². The van der Waals surface area contributed by atoms with Gasteiger partial charge in [0, 0.05) is 18.7 Å². The maximum Gasteiger partial charge on any atom is 0.339 e. The van der Waals surface area contributed by atoms with Gasteiger partial charge in [-0.15, -0.1) is 0 Å². The molecule has 0 radical (unpaired) electrons. The van der Waals surface area contributed by atoms with E-state index in [1.807, 2.05) is 26.0 Å². The molecule has 0 saturated heterocycles. The van der Waals surface area contributed by atoms with Gasteiger partial charge in [-0.25, -0.2) is 13.2 Å². The number of carbonyl (C=O) groups is 1. The lowest BCUT2D eigenvalue weighted by molar-refractivity contribution is 0.0596. The van der Waals surface area contributed by atoms with Crippen LogP contribution in [-0.2, 0) is 27.8 Å². The SMILES string of the molecule is COC(=O)c1ccccc1S(=O)(=O)N(Cc1ccc(OC)cc1)Cc1cc2ccc(C)c(C)c2[nH]c1=O. The number of ether oxygens (including phenoxy) is 2. The van der Waals surface area contributed by atoms with Crippen LogP contribution in [0.15, 0.2) is 76.4 Å². The van der Waals surface area contributed by atoms with Gasteiger partial charge in [-0.1, -0.05) is 36.4 Å². The number of methoxy groups -OCH3 is 2. The van der Waals surface area contributed by atoms with E-state index in [1.165, 1.54) is 23.5 Å². The quantitative estimate of drug-likeness (QED) is 0.347. The molecule has 1 N–H and O–H groups in total. The highest BCUT2D eigenvalue weighted by molar-refractivity contribution is 7.89. The molecule has 1 heterocycles. The number of nitrogens with zero attached hydrogens (tertiary/aromatic N) is 1. The zero-order valence-electron chi connectivity index (χ0n) is 21.1. The van der Waals surface area contributed by atoms with Crippen molar-refractivity contribution in [1.29, 1.82) is 0 Å². The van der Waals surface area contributed by atoms with Crippen LogP contribution in [0.3, 0.4) is 0 Å². The van der Waals surface area contributed by atoms with Gasteiger partial charge in [0.1, 0.15) is 5.75 Å². The first-order valence-corrected chi connectivity index (χ1v) is 13.0. The lowest BCUT2D eigenvalue weighted by Gasteiger charge is -2.23. The number of hydrogen-bond acceptors (Lipinski definition) is 6. The molecular formula is C28H28N2O6S. The number of carbonyl (C=O) groups excluding carboxylic acids is 1. The van der Waals surface area contributed by atoms with E-state index in [0.29, 0.717) is 16.8 Å². The van der Waals surface area contributed by atoms with Crippen molar-refractivity contribution in [2.75, 3.05) is 14.2 Å². The van der Waals surface area contributed by atoms with Gasteiger partial charge in [0.25, 0.3) is 5.56 Å². The first-order chi connectivity index (χ1) is 17.6. The fourth-order valence-corrected chi connectivity index (χ4v) is 5.73. The van der Waals surface area contributed by atoms with E-state index in [-0.39, 0.29) is 34.7 Å². The Morgan fingerprint density at radius 1 is 0.946 bits per heavy atom. The lowest BCUT2D eigenvalue weighted by atomic mass is 10.0. The number of fused-ring (bicyclic) bond motifs is 1. The Balaban J connectivity index is 1.83. The molecule has 192 valence electrons. The molecule has 0 bridgehead atoms. The zero-order chi connectivity index (χ0) is 26.7. The number of nitrogens with one attached hydrogen (secondary N) is 1. The van der Waals surface area contributed by atoms with Crippen molar-refractivity contribution in [2.45, 2.75) is 31.8 Å². The van der Waals surface area contributed by atoms with E-state index in [1.54, 1.807) is 49.6 Å². The Morgan fingerprint density at radius 3 is 2.32 bits per heavy atom. The van der Waals surface area contributed by atoms with Gasteiger partial charge < -0.3 is 14.5 Å². The third-order valence-electron chi connectivity index (χ3n) is 6.40. The number of aryl methyl sites for hydroxylation is 2. The number of rotatable bonds is 8. The molecule has 9 heteroatoms. The molecule has 0 amide bonds. The minimum Gasteiger partial charge on any atom is -0.497 e. The first kappa shape index (κ1) is 26.1. The van der Waals surface area contributed by atoms with Crippen LogP contribution in [-0.4, -0.2) is 37.9 Å². The van der Waals surface area contributed by atoms with Crippen LogP contribution >= 0.6 is 0 Å². The van der Waals surface area contributed by atoms with Gasteiger partial charge in [0.05, 0.1) is 30.2 Å². The second kappa shape index (κ2) is 10.6. The van der Waals surface area contributed by atoms with E-state index >= 15 is 0 Å². The summed E-state index contributed by atoms with van der Waals surface area (Å²) in [4.78, 5) is 28.2. The highest BCUT2D eigenvalue weighted by Gasteiger charge is 2.30. The minimum absolute atomic E-state index is 0.0355. The van der Waals surface area contributed by atoms with Crippen LogP contribution < -0.4 is 10.3 Å². The number of benzene rings is 3. The van der Waals surface area contributed by atoms with Gasteiger partial charge in [-0.05, 0) is 66.3 Å². The summed E-state index contributed by atoms with van der Waals surface area (Å²) in [5, 5.41) is 0.800. The van der Waals surface area contributed by atoms with Crippen molar-refractivity contribution >= 4 is 26.9 Å². The van der Waals surface area contributed by atoms with Crippen LogP contribution in [0.25, 0.3) is 10.9 Å². The Labute approximate surface area is 215 Å². The second-order valence-electron chi connectivity index (χ2n) is 8.70. The molecule has 0 fully saturated rings. The van der Waals surface area contributed by atoms with Crippen LogP contribution in [0.2, 0.25) is 0 Å². The Bertz CT molecular complexity index is 1630. The summed E-state index contributed by atoms with van der Waals surface area (Å²) in [6.07, 6.45) is 0. The summed E-state index contributed by atoms with van der Waals surface area (Å²) in [7, 11) is -1.50. The number of hydrogen-bond donors (Lipinski definition) is 1. The molecule has 0 aliphatic rings. The average molecular weight is 521 g/mol. The molecule has 0 atom stereocenters. The summed E-state index contributed by atoms with van der Waals surface area (Å²) >= 11 is 0. The molecule has 37 heavy (non-hydrogen) atoms. The highest BCUT2D eigenvalue weighted by atomic mass is 32.2. The van der Waals surface area contributed by atoms with Gasteiger partial charge in [0.2, 0.25) is 10.0 Å². The Hall–Kier alpha value is -3.95. The molecule has 8 nitrogen and oxygen atoms in total. The van der Waals surface area contributed by atoms with E-state index in [2.05, 4.69) is 4.98 Å². The normalized spacial score (nSPS) is 11.6. The Kier molecular flexibility index (Phi) is 7.47. The summed E-state index contributed by atoms with van der Waals surface area (Å²) in [5.41, 5.74) is 3.22. The van der Waals surface area contributed by atoms with Gasteiger partial charge in [-0.2, -0.15) is 4.31 Å². The predicted molar refractivity (Wildman–Crippen MR) is 141 cm³/mol. The van der Waals surface area contributed by atoms with Gasteiger partial charge in [-0.3, -0.25) is 4.79 Å². The first-order valence-electron chi connectivity index (χ1n) is 11.6. The van der Waals surface area contributed by atoms with Crippen molar-refractivity contribution in [2.24, 2.45) is 0 Å². The highest BCUT2D eigenvalue weighted by Crippen LogP contribution is 2.26. The maximum atomic E-state index is 14.0. The molecule has 0 aliphatic heterocycles.